The zero-order valence-corrected chi connectivity index (χ0v) is 22.4. The number of thiophene rings is 1. The Morgan fingerprint density at radius 3 is 2.62 bits per heavy atom. The molecule has 5 aromatic rings. The van der Waals surface area contributed by atoms with Crippen molar-refractivity contribution in [1.29, 1.82) is 0 Å². The lowest BCUT2D eigenvalue weighted by Gasteiger charge is -2.31. The highest BCUT2D eigenvalue weighted by Crippen LogP contribution is 2.40. The fourth-order valence-corrected chi connectivity index (χ4v) is 7.06. The third kappa shape index (κ3) is 4.12. The van der Waals surface area contributed by atoms with Crippen LogP contribution in [0, 0.1) is 0 Å². The summed E-state index contributed by atoms with van der Waals surface area (Å²) < 4.78 is 18.6. The number of fused-ring (bicyclic) bond motifs is 3. The summed E-state index contributed by atoms with van der Waals surface area (Å²) in [6.45, 7) is 1.75. The summed E-state index contributed by atoms with van der Waals surface area (Å²) in [7, 11) is 0. The predicted molar refractivity (Wildman–Crippen MR) is 150 cm³/mol. The van der Waals surface area contributed by atoms with Gasteiger partial charge in [-0.2, -0.15) is 0 Å². The van der Waals surface area contributed by atoms with E-state index in [1.165, 1.54) is 28.6 Å². The smallest absolute Gasteiger partial charge is 0.263 e. The molecule has 2 amide bonds. The van der Waals surface area contributed by atoms with Crippen molar-refractivity contribution in [3.8, 4) is 11.1 Å². The zero-order valence-electron chi connectivity index (χ0n) is 20.8. The van der Waals surface area contributed by atoms with Crippen LogP contribution in [0.4, 0.5) is 4.39 Å². The molecule has 0 unspecified atom stereocenters. The molecule has 1 aromatic carbocycles. The number of piperidine rings is 1. The molecule has 0 atom stereocenters. The summed E-state index contributed by atoms with van der Waals surface area (Å²) in [6, 6.07) is 11.2. The first-order valence-corrected chi connectivity index (χ1v) is 14.0. The minimum Gasteiger partial charge on any atom is -0.344 e. The first-order chi connectivity index (χ1) is 18.9. The summed E-state index contributed by atoms with van der Waals surface area (Å²) in [6.07, 6.45) is 7.56. The maximum Gasteiger partial charge on any atom is 0.263 e. The number of imide groups is 1. The van der Waals surface area contributed by atoms with Gasteiger partial charge in [-0.05, 0) is 62.3 Å². The molecule has 1 saturated heterocycles. The number of alkyl halides is 1. The first kappa shape index (κ1) is 24.4. The number of nitrogens with one attached hydrogen (secondary N) is 1. The molecule has 39 heavy (non-hydrogen) atoms. The van der Waals surface area contributed by atoms with Gasteiger partial charge in [0.15, 0.2) is 0 Å². The van der Waals surface area contributed by atoms with Gasteiger partial charge in [0.05, 0.1) is 39.9 Å². The van der Waals surface area contributed by atoms with E-state index in [0.717, 1.165) is 37.1 Å². The van der Waals surface area contributed by atoms with Crippen LogP contribution in [0.1, 0.15) is 38.4 Å². The molecule has 7 nitrogen and oxygen atoms in total. The lowest BCUT2D eigenvalue weighted by Crippen LogP contribution is -2.41. The van der Waals surface area contributed by atoms with Gasteiger partial charge in [0.1, 0.15) is 5.67 Å². The van der Waals surface area contributed by atoms with E-state index in [9.17, 15) is 9.59 Å². The van der Waals surface area contributed by atoms with Crippen LogP contribution in [0.3, 0.4) is 0 Å². The standard InChI is InChI=1S/C29H23ClFN5O2S/c30-18-11-17-3-10-35(16-29(31)4-8-32-9-5-29)25(17)22(12-18)20-2-7-34-24-13-19(39-26(20)24)15-36-27(37)21-1-6-33-14-23(21)28(36)38/h1-3,6-7,10-14,32H,4-5,8-9,15-16H2. The summed E-state index contributed by atoms with van der Waals surface area (Å²) >= 11 is 8.04. The molecule has 1 N–H and O–H groups in total. The van der Waals surface area contributed by atoms with E-state index < -0.39 is 5.67 Å². The van der Waals surface area contributed by atoms with E-state index in [2.05, 4.69) is 15.3 Å². The third-order valence-corrected chi connectivity index (χ3v) is 8.98. The molecule has 2 aliphatic heterocycles. The molecule has 0 bridgehead atoms. The topological polar surface area (TPSA) is 80.1 Å². The third-order valence-electron chi connectivity index (χ3n) is 7.62. The molecule has 10 heteroatoms. The monoisotopic (exact) mass is 559 g/mol. The lowest BCUT2D eigenvalue weighted by molar-refractivity contribution is 0.0643. The normalized spacial score (nSPS) is 16.9. The number of carbonyl (C=O) groups excluding carboxylic acids is 2. The number of halogens is 2. The van der Waals surface area contributed by atoms with E-state index >= 15 is 4.39 Å². The van der Waals surface area contributed by atoms with Crippen molar-refractivity contribution < 1.29 is 14.0 Å². The summed E-state index contributed by atoms with van der Waals surface area (Å²) in [5, 5.41) is 4.77. The van der Waals surface area contributed by atoms with Gasteiger partial charge in [-0.3, -0.25) is 24.5 Å². The average molecular weight is 560 g/mol. The Morgan fingerprint density at radius 1 is 1.00 bits per heavy atom. The Morgan fingerprint density at radius 2 is 1.79 bits per heavy atom. The van der Waals surface area contributed by atoms with Gasteiger partial charge < -0.3 is 9.88 Å². The molecule has 0 aliphatic carbocycles. The minimum atomic E-state index is -1.28. The SMILES string of the molecule is O=C1c2ccncc2C(=O)N1Cc1cc2nccc(-c3cc(Cl)cc4ccn(CC5(F)CCNCC5)c34)c2s1. The molecule has 2 aliphatic rings. The first-order valence-electron chi connectivity index (χ1n) is 12.8. The van der Waals surface area contributed by atoms with Gasteiger partial charge in [-0.15, -0.1) is 11.3 Å². The van der Waals surface area contributed by atoms with Crippen LogP contribution in [0.15, 0.2) is 61.2 Å². The lowest BCUT2D eigenvalue weighted by atomic mass is 9.94. The predicted octanol–water partition coefficient (Wildman–Crippen LogP) is 5.85. The van der Waals surface area contributed by atoms with Crippen LogP contribution < -0.4 is 5.32 Å². The van der Waals surface area contributed by atoms with Gasteiger partial charge in [0, 0.05) is 51.2 Å². The number of hydrogen-bond acceptors (Lipinski definition) is 6. The number of rotatable bonds is 5. The van der Waals surface area contributed by atoms with Crippen molar-refractivity contribution in [2.75, 3.05) is 13.1 Å². The molecular formula is C29H23ClFN5O2S. The number of benzene rings is 1. The van der Waals surface area contributed by atoms with E-state index in [-0.39, 0.29) is 24.9 Å². The summed E-state index contributed by atoms with van der Waals surface area (Å²) in [4.78, 5) is 36.4. The van der Waals surface area contributed by atoms with Crippen LogP contribution in [-0.4, -0.2) is 50.0 Å². The fraction of sp³-hybridized carbons (Fsp3) is 0.241. The van der Waals surface area contributed by atoms with Crippen molar-refractivity contribution >= 4 is 55.9 Å². The molecular weight excluding hydrogens is 537 g/mol. The minimum absolute atomic E-state index is 0.145. The quantitative estimate of drug-likeness (QED) is 0.273. The average Bonchev–Trinajstić information content (AvgIpc) is 3.60. The van der Waals surface area contributed by atoms with Crippen LogP contribution in [-0.2, 0) is 13.1 Å². The van der Waals surface area contributed by atoms with Gasteiger partial charge >= 0.3 is 0 Å². The Hall–Kier alpha value is -3.66. The van der Waals surface area contributed by atoms with Crippen LogP contribution in [0.25, 0.3) is 32.2 Å². The van der Waals surface area contributed by atoms with Gasteiger partial charge in [0.2, 0.25) is 0 Å². The number of nitrogens with zero attached hydrogens (tertiary/aromatic N) is 4. The molecule has 0 saturated carbocycles. The maximum atomic E-state index is 15.7. The van der Waals surface area contributed by atoms with Gasteiger partial charge in [-0.1, -0.05) is 11.6 Å². The highest BCUT2D eigenvalue weighted by atomic mass is 35.5. The van der Waals surface area contributed by atoms with Crippen LogP contribution >= 0.6 is 22.9 Å². The highest BCUT2D eigenvalue weighted by Gasteiger charge is 2.36. The molecule has 0 radical (unpaired) electrons. The van der Waals surface area contributed by atoms with Crippen molar-refractivity contribution in [1.82, 2.24) is 24.8 Å². The van der Waals surface area contributed by atoms with E-state index in [1.54, 1.807) is 12.3 Å². The van der Waals surface area contributed by atoms with E-state index in [1.807, 2.05) is 41.1 Å². The van der Waals surface area contributed by atoms with Crippen molar-refractivity contribution in [2.45, 2.75) is 31.6 Å². The zero-order chi connectivity index (χ0) is 26.7. The molecule has 0 spiro atoms. The van der Waals surface area contributed by atoms with Crippen LogP contribution in [0.2, 0.25) is 5.02 Å². The highest BCUT2D eigenvalue weighted by molar-refractivity contribution is 7.19. The number of pyridine rings is 2. The van der Waals surface area contributed by atoms with E-state index in [4.69, 9.17) is 11.6 Å². The Kier molecular flexibility index (Phi) is 5.77. The van der Waals surface area contributed by atoms with Crippen LogP contribution in [0.5, 0.6) is 0 Å². The van der Waals surface area contributed by atoms with Gasteiger partial charge in [0.25, 0.3) is 11.8 Å². The maximum absolute atomic E-state index is 15.7. The number of amides is 2. The summed E-state index contributed by atoms with van der Waals surface area (Å²) in [5.74, 6) is -0.670. The fourth-order valence-electron chi connectivity index (χ4n) is 5.70. The molecule has 4 aromatic heterocycles. The number of carbonyl (C=O) groups is 2. The largest absolute Gasteiger partial charge is 0.344 e. The second-order valence-corrected chi connectivity index (χ2v) is 11.7. The summed E-state index contributed by atoms with van der Waals surface area (Å²) in [5.41, 5.74) is 2.92. The molecule has 196 valence electrons. The number of hydrogen-bond donors (Lipinski definition) is 1. The van der Waals surface area contributed by atoms with Crippen molar-refractivity contribution in [2.24, 2.45) is 0 Å². The van der Waals surface area contributed by atoms with E-state index in [0.29, 0.717) is 42.1 Å². The Balaban J connectivity index is 1.29. The molecule has 1 fully saturated rings. The van der Waals surface area contributed by atoms with Gasteiger partial charge in [-0.25, -0.2) is 4.39 Å². The molecule has 6 heterocycles. The van der Waals surface area contributed by atoms with Crippen molar-refractivity contribution in [3.63, 3.8) is 0 Å². The molecule has 7 rings (SSSR count). The Bertz CT molecular complexity index is 1760. The second-order valence-electron chi connectivity index (χ2n) is 10.1. The second kappa shape index (κ2) is 9.22. The Labute approximate surface area is 232 Å². The number of aromatic nitrogens is 3. The van der Waals surface area contributed by atoms with Crippen molar-refractivity contribution in [3.05, 3.63) is 82.2 Å².